The van der Waals surface area contributed by atoms with Crippen LogP contribution in [0.2, 0.25) is 0 Å². The van der Waals surface area contributed by atoms with Gasteiger partial charge in [-0.3, -0.25) is 4.79 Å². The molecule has 1 aromatic rings. The molecule has 5 nitrogen and oxygen atoms in total. The molecule has 0 saturated carbocycles. The SMILES string of the molecule is COCCOc1ccc(NC(=O)[C@@H](C)N)cc1F. The Morgan fingerprint density at radius 2 is 2.22 bits per heavy atom. The maximum Gasteiger partial charge on any atom is 0.241 e. The Bertz CT molecular complexity index is 410. The number of rotatable bonds is 6. The normalized spacial score (nSPS) is 12.0. The van der Waals surface area contributed by atoms with Crippen molar-refractivity contribution in [3.05, 3.63) is 24.0 Å². The molecule has 0 radical (unpaired) electrons. The van der Waals surface area contributed by atoms with Crippen LogP contribution in [0.1, 0.15) is 6.92 Å². The molecule has 0 aromatic heterocycles. The van der Waals surface area contributed by atoms with Crippen LogP contribution in [0.5, 0.6) is 5.75 Å². The fourth-order valence-electron chi connectivity index (χ4n) is 1.19. The van der Waals surface area contributed by atoms with Crippen molar-refractivity contribution in [2.75, 3.05) is 25.6 Å². The van der Waals surface area contributed by atoms with Gasteiger partial charge in [0.05, 0.1) is 12.6 Å². The second-order valence-electron chi connectivity index (χ2n) is 3.76. The van der Waals surface area contributed by atoms with Crippen LogP contribution in [0.4, 0.5) is 10.1 Å². The molecule has 1 amide bonds. The molecule has 18 heavy (non-hydrogen) atoms. The fraction of sp³-hybridized carbons (Fsp3) is 0.417. The number of benzene rings is 1. The van der Waals surface area contributed by atoms with Gasteiger partial charge in [-0.15, -0.1) is 0 Å². The number of carbonyl (C=O) groups excluding carboxylic acids is 1. The number of nitrogens with one attached hydrogen (secondary N) is 1. The van der Waals surface area contributed by atoms with Crippen LogP contribution < -0.4 is 15.8 Å². The summed E-state index contributed by atoms with van der Waals surface area (Å²) in [6.45, 7) is 2.19. The quantitative estimate of drug-likeness (QED) is 0.748. The molecule has 0 aliphatic heterocycles. The zero-order valence-corrected chi connectivity index (χ0v) is 10.4. The minimum atomic E-state index is -0.648. The number of ether oxygens (including phenoxy) is 2. The number of methoxy groups -OCH3 is 1. The minimum Gasteiger partial charge on any atom is -0.488 e. The molecule has 1 atom stereocenters. The Morgan fingerprint density at radius 1 is 1.50 bits per heavy atom. The van der Waals surface area contributed by atoms with Gasteiger partial charge in [0.1, 0.15) is 6.61 Å². The first-order valence-corrected chi connectivity index (χ1v) is 5.52. The van der Waals surface area contributed by atoms with Crippen molar-refractivity contribution >= 4 is 11.6 Å². The predicted molar refractivity (Wildman–Crippen MR) is 66.1 cm³/mol. The number of halogens is 1. The van der Waals surface area contributed by atoms with Crippen molar-refractivity contribution in [1.29, 1.82) is 0 Å². The van der Waals surface area contributed by atoms with Gasteiger partial charge in [0.25, 0.3) is 0 Å². The van der Waals surface area contributed by atoms with E-state index >= 15 is 0 Å². The number of anilines is 1. The number of hydrogen-bond donors (Lipinski definition) is 2. The van der Waals surface area contributed by atoms with Gasteiger partial charge in [-0.1, -0.05) is 0 Å². The molecular weight excluding hydrogens is 239 g/mol. The van der Waals surface area contributed by atoms with Crippen LogP contribution in [0.3, 0.4) is 0 Å². The molecule has 6 heteroatoms. The number of nitrogens with two attached hydrogens (primary N) is 1. The van der Waals surface area contributed by atoms with Crippen molar-refractivity contribution in [3.63, 3.8) is 0 Å². The molecule has 1 aromatic carbocycles. The van der Waals surface area contributed by atoms with Crippen molar-refractivity contribution in [3.8, 4) is 5.75 Å². The first-order chi connectivity index (χ1) is 8.54. The number of carbonyl (C=O) groups is 1. The van der Waals surface area contributed by atoms with Crippen LogP contribution in [-0.2, 0) is 9.53 Å². The van der Waals surface area contributed by atoms with E-state index in [1.807, 2.05) is 0 Å². The van der Waals surface area contributed by atoms with Crippen LogP contribution in [0.25, 0.3) is 0 Å². The largest absolute Gasteiger partial charge is 0.488 e. The van der Waals surface area contributed by atoms with Gasteiger partial charge in [-0.05, 0) is 19.1 Å². The third kappa shape index (κ3) is 4.31. The lowest BCUT2D eigenvalue weighted by Gasteiger charge is -2.10. The fourth-order valence-corrected chi connectivity index (χ4v) is 1.19. The summed E-state index contributed by atoms with van der Waals surface area (Å²) in [5.41, 5.74) is 5.73. The molecule has 0 aliphatic rings. The minimum absolute atomic E-state index is 0.117. The summed E-state index contributed by atoms with van der Waals surface area (Å²) in [6.07, 6.45) is 0. The van der Waals surface area contributed by atoms with Gasteiger partial charge in [0.15, 0.2) is 11.6 Å². The monoisotopic (exact) mass is 256 g/mol. The molecule has 100 valence electrons. The number of amides is 1. The average molecular weight is 256 g/mol. The highest BCUT2D eigenvalue weighted by atomic mass is 19.1. The molecule has 0 spiro atoms. The second kappa shape index (κ2) is 6.93. The Morgan fingerprint density at radius 3 is 2.78 bits per heavy atom. The van der Waals surface area contributed by atoms with Crippen LogP contribution in [-0.4, -0.2) is 32.3 Å². The van der Waals surface area contributed by atoms with E-state index in [1.54, 1.807) is 13.0 Å². The highest BCUT2D eigenvalue weighted by Crippen LogP contribution is 2.21. The lowest BCUT2D eigenvalue weighted by Crippen LogP contribution is -2.32. The Kier molecular flexibility index (Phi) is 5.54. The Balaban J connectivity index is 2.64. The maximum atomic E-state index is 13.6. The molecule has 0 saturated heterocycles. The zero-order valence-electron chi connectivity index (χ0n) is 10.4. The molecule has 0 unspecified atom stereocenters. The summed E-state index contributed by atoms with van der Waals surface area (Å²) in [5, 5.41) is 2.49. The lowest BCUT2D eigenvalue weighted by molar-refractivity contribution is -0.117. The molecule has 3 N–H and O–H groups in total. The predicted octanol–water partition coefficient (Wildman–Crippen LogP) is 1.14. The summed E-state index contributed by atoms with van der Waals surface area (Å²) in [6, 6.07) is 3.53. The third-order valence-corrected chi connectivity index (χ3v) is 2.16. The second-order valence-corrected chi connectivity index (χ2v) is 3.76. The van der Waals surface area contributed by atoms with Gasteiger partial charge in [-0.25, -0.2) is 4.39 Å². The van der Waals surface area contributed by atoms with Crippen molar-refractivity contribution in [2.45, 2.75) is 13.0 Å². The highest BCUT2D eigenvalue weighted by molar-refractivity contribution is 5.94. The summed E-state index contributed by atoms with van der Waals surface area (Å²) < 4.78 is 23.5. The van der Waals surface area contributed by atoms with E-state index in [2.05, 4.69) is 5.32 Å². The van der Waals surface area contributed by atoms with Crippen LogP contribution >= 0.6 is 0 Å². The van der Waals surface area contributed by atoms with E-state index in [4.69, 9.17) is 15.2 Å². The van der Waals surface area contributed by atoms with E-state index < -0.39 is 11.9 Å². The van der Waals surface area contributed by atoms with E-state index in [-0.39, 0.29) is 18.3 Å². The average Bonchev–Trinajstić information content (AvgIpc) is 2.32. The van der Waals surface area contributed by atoms with Crippen molar-refractivity contribution in [2.24, 2.45) is 5.73 Å². The summed E-state index contributed by atoms with van der Waals surface area (Å²) in [4.78, 5) is 11.3. The van der Waals surface area contributed by atoms with Crippen LogP contribution in [0, 0.1) is 5.82 Å². The highest BCUT2D eigenvalue weighted by Gasteiger charge is 2.10. The van der Waals surface area contributed by atoms with Gasteiger partial charge >= 0.3 is 0 Å². The molecule has 0 aliphatic carbocycles. The standard InChI is InChI=1S/C12H17FN2O3/c1-8(14)12(16)15-9-3-4-11(10(13)7-9)18-6-5-17-2/h3-4,7-8H,5-6,14H2,1-2H3,(H,15,16)/t8-/m1/s1. The summed E-state index contributed by atoms with van der Waals surface area (Å²) in [7, 11) is 1.53. The Labute approximate surface area is 105 Å². The van der Waals surface area contributed by atoms with E-state index in [1.165, 1.54) is 19.2 Å². The molecule has 0 fully saturated rings. The van der Waals surface area contributed by atoms with Crippen molar-refractivity contribution in [1.82, 2.24) is 0 Å². The van der Waals surface area contributed by atoms with Gasteiger partial charge < -0.3 is 20.5 Å². The number of hydrogen-bond acceptors (Lipinski definition) is 4. The molecule has 0 bridgehead atoms. The Hall–Kier alpha value is -1.66. The lowest BCUT2D eigenvalue weighted by atomic mass is 10.2. The third-order valence-electron chi connectivity index (χ3n) is 2.16. The zero-order chi connectivity index (χ0) is 13.5. The molecule has 1 rings (SSSR count). The molecular formula is C12H17FN2O3. The molecule has 0 heterocycles. The first-order valence-electron chi connectivity index (χ1n) is 5.52. The summed E-state index contributed by atoms with van der Waals surface area (Å²) >= 11 is 0. The van der Waals surface area contributed by atoms with E-state index in [0.717, 1.165) is 0 Å². The van der Waals surface area contributed by atoms with Crippen molar-refractivity contribution < 1.29 is 18.7 Å². The summed E-state index contributed by atoms with van der Waals surface area (Å²) in [5.74, 6) is -0.804. The van der Waals surface area contributed by atoms with Gasteiger partial charge in [0, 0.05) is 18.9 Å². The maximum absolute atomic E-state index is 13.6. The topological polar surface area (TPSA) is 73.6 Å². The first kappa shape index (κ1) is 14.4. The van der Waals surface area contributed by atoms with E-state index in [0.29, 0.717) is 12.3 Å². The smallest absolute Gasteiger partial charge is 0.241 e. The van der Waals surface area contributed by atoms with Crippen LogP contribution in [0.15, 0.2) is 18.2 Å². The van der Waals surface area contributed by atoms with Gasteiger partial charge in [0.2, 0.25) is 5.91 Å². The van der Waals surface area contributed by atoms with E-state index in [9.17, 15) is 9.18 Å². The van der Waals surface area contributed by atoms with Gasteiger partial charge in [-0.2, -0.15) is 0 Å².